The Hall–Kier alpha value is -1.82. The lowest BCUT2D eigenvalue weighted by molar-refractivity contribution is 0.147. The van der Waals surface area contributed by atoms with Gasteiger partial charge >= 0.3 is 6.09 Å². The second kappa shape index (κ2) is 8.91. The fourth-order valence-electron chi connectivity index (χ4n) is 3.31. The maximum atomic E-state index is 13.4. The van der Waals surface area contributed by atoms with E-state index < -0.39 is 11.9 Å². The molecule has 1 aliphatic heterocycles. The molecule has 0 aliphatic carbocycles. The Labute approximate surface area is 168 Å². The number of hydrogen-bond donors (Lipinski definition) is 1. The molecule has 1 heterocycles. The molecule has 0 bridgehead atoms. The average molecular weight is 411 g/mol. The van der Waals surface area contributed by atoms with Crippen LogP contribution in [0.4, 0.5) is 14.9 Å². The van der Waals surface area contributed by atoms with Crippen molar-refractivity contribution in [3.63, 3.8) is 0 Å². The zero-order chi connectivity index (χ0) is 19.4. The van der Waals surface area contributed by atoms with Gasteiger partial charge in [-0.1, -0.05) is 29.3 Å². The van der Waals surface area contributed by atoms with E-state index >= 15 is 0 Å². The number of carbonyl (C=O) groups is 1. The molecule has 27 heavy (non-hydrogen) atoms. The van der Waals surface area contributed by atoms with Crippen LogP contribution >= 0.6 is 23.2 Å². The number of amides is 1. The lowest BCUT2D eigenvalue weighted by atomic mass is 10.0. The number of hydrogen-bond acceptors (Lipinski definition) is 3. The summed E-state index contributed by atoms with van der Waals surface area (Å²) in [6, 6.07) is 9.85. The van der Waals surface area contributed by atoms with Crippen molar-refractivity contribution in [1.82, 2.24) is 4.90 Å². The largest absolute Gasteiger partial charge is 0.449 e. The Kier molecular flexibility index (Phi) is 6.58. The topological polar surface area (TPSA) is 41.6 Å². The molecule has 0 radical (unpaired) electrons. The second-order valence-corrected chi connectivity index (χ2v) is 7.49. The van der Waals surface area contributed by atoms with Crippen molar-refractivity contribution in [2.75, 3.05) is 25.5 Å². The molecule has 3 rings (SSSR count). The molecular weight excluding hydrogens is 390 g/mol. The van der Waals surface area contributed by atoms with Crippen LogP contribution in [-0.4, -0.2) is 37.2 Å². The Morgan fingerprint density at radius 2 is 2.11 bits per heavy atom. The highest BCUT2D eigenvalue weighted by Crippen LogP contribution is 2.33. The summed E-state index contributed by atoms with van der Waals surface area (Å²) in [4.78, 5) is 14.5. The van der Waals surface area contributed by atoms with E-state index in [1.165, 1.54) is 18.6 Å². The van der Waals surface area contributed by atoms with Gasteiger partial charge in [-0.05, 0) is 68.8 Å². The number of halogens is 3. The molecular formula is C20H21Cl2FN2O2. The molecule has 2 aromatic carbocycles. The third kappa shape index (κ3) is 5.12. The van der Waals surface area contributed by atoms with Crippen molar-refractivity contribution in [2.45, 2.75) is 25.3 Å². The van der Waals surface area contributed by atoms with Crippen LogP contribution in [0.3, 0.4) is 0 Å². The van der Waals surface area contributed by atoms with Crippen LogP contribution in [0.2, 0.25) is 10.0 Å². The van der Waals surface area contributed by atoms with Crippen LogP contribution in [0.15, 0.2) is 36.4 Å². The van der Waals surface area contributed by atoms with E-state index in [9.17, 15) is 9.18 Å². The summed E-state index contributed by atoms with van der Waals surface area (Å²) < 4.78 is 18.8. The zero-order valence-electron chi connectivity index (χ0n) is 15.0. The van der Waals surface area contributed by atoms with Gasteiger partial charge in [-0.15, -0.1) is 0 Å². The first-order valence-electron chi connectivity index (χ1n) is 8.83. The van der Waals surface area contributed by atoms with E-state index in [4.69, 9.17) is 27.9 Å². The fraction of sp³-hybridized carbons (Fsp3) is 0.350. The monoisotopic (exact) mass is 410 g/mol. The van der Waals surface area contributed by atoms with Crippen molar-refractivity contribution >= 4 is 35.0 Å². The summed E-state index contributed by atoms with van der Waals surface area (Å²) in [7, 11) is 2.09. The van der Waals surface area contributed by atoms with Crippen LogP contribution in [-0.2, 0) is 4.74 Å². The normalized spacial score (nSPS) is 17.1. The summed E-state index contributed by atoms with van der Waals surface area (Å²) >= 11 is 12.0. The summed E-state index contributed by atoms with van der Waals surface area (Å²) in [5, 5.41) is 3.23. The lowest BCUT2D eigenvalue weighted by Gasteiger charge is -2.19. The van der Waals surface area contributed by atoms with Crippen LogP contribution in [0.1, 0.15) is 19.3 Å². The number of nitrogens with zero attached hydrogens (tertiary/aromatic N) is 1. The molecule has 1 unspecified atom stereocenters. The van der Waals surface area contributed by atoms with Crippen molar-refractivity contribution < 1.29 is 13.9 Å². The highest BCUT2D eigenvalue weighted by molar-refractivity contribution is 6.31. The van der Waals surface area contributed by atoms with Gasteiger partial charge in [-0.25, -0.2) is 9.18 Å². The third-order valence-electron chi connectivity index (χ3n) is 4.80. The number of rotatable bonds is 5. The van der Waals surface area contributed by atoms with Gasteiger partial charge < -0.3 is 9.64 Å². The Bertz CT molecular complexity index is 832. The van der Waals surface area contributed by atoms with Gasteiger partial charge in [0.05, 0.1) is 17.3 Å². The smallest absolute Gasteiger partial charge is 0.411 e. The summed E-state index contributed by atoms with van der Waals surface area (Å²) in [6.07, 6.45) is 2.59. The number of likely N-dealkylation sites (tertiary alicyclic amines) is 1. The number of benzene rings is 2. The van der Waals surface area contributed by atoms with Crippen LogP contribution in [0, 0.1) is 5.82 Å². The molecule has 1 saturated heterocycles. The summed E-state index contributed by atoms with van der Waals surface area (Å²) in [5.74, 6) is -0.506. The SMILES string of the molecule is CN1CCCC1CCOC(=O)Nc1ccc(Cl)cc1-c1ccc(F)c(Cl)c1. The first-order valence-corrected chi connectivity index (χ1v) is 9.58. The molecule has 1 atom stereocenters. The van der Waals surface area contributed by atoms with Crippen LogP contribution < -0.4 is 5.32 Å². The van der Waals surface area contributed by atoms with Gasteiger partial charge in [0, 0.05) is 16.6 Å². The quantitative estimate of drug-likeness (QED) is 0.673. The molecule has 4 nitrogen and oxygen atoms in total. The van der Waals surface area contributed by atoms with Gasteiger partial charge in [-0.3, -0.25) is 5.32 Å². The molecule has 0 saturated carbocycles. The number of ether oxygens (including phenoxy) is 1. The van der Waals surface area contributed by atoms with Crippen molar-refractivity contribution in [3.8, 4) is 11.1 Å². The summed E-state index contributed by atoms with van der Waals surface area (Å²) in [5.41, 5.74) is 1.80. The molecule has 0 spiro atoms. The molecule has 7 heteroatoms. The Morgan fingerprint density at radius 1 is 1.30 bits per heavy atom. The zero-order valence-corrected chi connectivity index (χ0v) is 16.5. The number of anilines is 1. The fourth-order valence-corrected chi connectivity index (χ4v) is 3.66. The molecule has 1 fully saturated rings. The van der Waals surface area contributed by atoms with Gasteiger partial charge in [0.15, 0.2) is 0 Å². The van der Waals surface area contributed by atoms with E-state index in [0.717, 1.165) is 19.4 Å². The minimum absolute atomic E-state index is 0.00156. The first-order chi connectivity index (χ1) is 12.9. The maximum absolute atomic E-state index is 13.4. The van der Waals surface area contributed by atoms with Crippen molar-refractivity contribution in [3.05, 3.63) is 52.3 Å². The van der Waals surface area contributed by atoms with Crippen molar-refractivity contribution in [2.24, 2.45) is 0 Å². The third-order valence-corrected chi connectivity index (χ3v) is 5.33. The van der Waals surface area contributed by atoms with Gasteiger partial charge in [0.25, 0.3) is 0 Å². The predicted molar refractivity (Wildman–Crippen MR) is 107 cm³/mol. The highest BCUT2D eigenvalue weighted by atomic mass is 35.5. The van der Waals surface area contributed by atoms with Gasteiger partial charge in [-0.2, -0.15) is 0 Å². The van der Waals surface area contributed by atoms with Crippen LogP contribution in [0.5, 0.6) is 0 Å². The predicted octanol–water partition coefficient (Wildman–Crippen LogP) is 5.83. The minimum Gasteiger partial charge on any atom is -0.449 e. The highest BCUT2D eigenvalue weighted by Gasteiger charge is 2.21. The maximum Gasteiger partial charge on any atom is 0.411 e. The van der Waals surface area contributed by atoms with Gasteiger partial charge in [0.2, 0.25) is 0 Å². The Morgan fingerprint density at radius 3 is 2.81 bits per heavy atom. The Balaban J connectivity index is 1.67. The summed E-state index contributed by atoms with van der Waals surface area (Å²) in [6.45, 7) is 1.44. The first kappa shape index (κ1) is 19.9. The number of nitrogens with one attached hydrogen (secondary N) is 1. The number of carbonyl (C=O) groups excluding carboxylic acids is 1. The van der Waals surface area contributed by atoms with Crippen molar-refractivity contribution in [1.29, 1.82) is 0 Å². The molecule has 2 aromatic rings. The van der Waals surface area contributed by atoms with E-state index in [0.29, 0.717) is 34.5 Å². The molecule has 1 aliphatic rings. The minimum atomic E-state index is -0.535. The average Bonchev–Trinajstić information content (AvgIpc) is 3.04. The van der Waals surface area contributed by atoms with Crippen LogP contribution in [0.25, 0.3) is 11.1 Å². The molecule has 144 valence electrons. The van der Waals surface area contributed by atoms with E-state index in [1.54, 1.807) is 24.3 Å². The molecule has 0 aromatic heterocycles. The van der Waals surface area contributed by atoms with Gasteiger partial charge in [0.1, 0.15) is 5.82 Å². The molecule has 1 amide bonds. The lowest BCUT2D eigenvalue weighted by Crippen LogP contribution is -2.27. The van der Waals surface area contributed by atoms with E-state index in [1.807, 2.05) is 0 Å². The van der Waals surface area contributed by atoms with E-state index in [2.05, 4.69) is 17.3 Å². The standard InChI is InChI=1S/C20H21Cl2FN2O2/c1-25-9-2-3-15(25)8-10-27-20(26)24-19-7-5-14(21)12-16(19)13-4-6-18(23)17(22)11-13/h4-7,11-12,15H,2-3,8-10H2,1H3,(H,24,26). The molecule has 1 N–H and O–H groups in total. The second-order valence-electron chi connectivity index (χ2n) is 6.65. The van der Waals surface area contributed by atoms with E-state index in [-0.39, 0.29) is 5.02 Å².